The van der Waals surface area contributed by atoms with Crippen molar-refractivity contribution in [2.45, 2.75) is 13.8 Å². The first kappa shape index (κ1) is 17.1. The van der Waals surface area contributed by atoms with E-state index in [-0.39, 0.29) is 5.57 Å². The van der Waals surface area contributed by atoms with Gasteiger partial charge in [-0.15, -0.1) is 0 Å². The molecule has 5 nitrogen and oxygen atoms in total. The van der Waals surface area contributed by atoms with Crippen molar-refractivity contribution in [3.8, 4) is 11.8 Å². The predicted octanol–water partition coefficient (Wildman–Crippen LogP) is 3.77. The molecule has 24 heavy (non-hydrogen) atoms. The van der Waals surface area contributed by atoms with Gasteiger partial charge in [-0.25, -0.2) is 0 Å². The second-order valence-corrected chi connectivity index (χ2v) is 5.29. The lowest BCUT2D eigenvalue weighted by Crippen LogP contribution is -2.15. The van der Waals surface area contributed by atoms with Crippen molar-refractivity contribution in [3.05, 3.63) is 65.4 Å². The Hall–Kier alpha value is -3.26. The smallest absolute Gasteiger partial charge is 0.267 e. The first-order valence-corrected chi connectivity index (χ1v) is 7.43. The third-order valence-corrected chi connectivity index (χ3v) is 3.49. The maximum absolute atomic E-state index is 12.3. The summed E-state index contributed by atoms with van der Waals surface area (Å²) in [6.07, 6.45) is 1.41. The number of carbonyl (C=O) groups excluding carboxylic acids is 1. The molecule has 0 aromatic heterocycles. The van der Waals surface area contributed by atoms with Crippen molar-refractivity contribution < 1.29 is 9.53 Å². The van der Waals surface area contributed by atoms with Gasteiger partial charge in [0.25, 0.3) is 5.91 Å². The number of nitrogens with zero attached hydrogens (tertiary/aromatic N) is 1. The Kier molecular flexibility index (Phi) is 5.58. The zero-order valence-electron chi connectivity index (χ0n) is 13.9. The van der Waals surface area contributed by atoms with Crippen LogP contribution in [-0.2, 0) is 4.79 Å². The molecule has 0 unspecified atom stereocenters. The van der Waals surface area contributed by atoms with Gasteiger partial charge in [-0.2, -0.15) is 5.26 Å². The van der Waals surface area contributed by atoms with E-state index in [9.17, 15) is 10.1 Å². The molecule has 2 rings (SSSR count). The van der Waals surface area contributed by atoms with Crippen molar-refractivity contribution in [1.82, 2.24) is 0 Å². The lowest BCUT2D eigenvalue weighted by Gasteiger charge is -2.10. The summed E-state index contributed by atoms with van der Waals surface area (Å²) >= 11 is 0. The van der Waals surface area contributed by atoms with Crippen molar-refractivity contribution in [3.63, 3.8) is 0 Å². The fourth-order valence-electron chi connectivity index (χ4n) is 2.13. The number of nitrogens with one attached hydrogen (secondary N) is 2. The molecule has 2 aromatic rings. The molecule has 1 amide bonds. The van der Waals surface area contributed by atoms with E-state index in [0.717, 1.165) is 16.8 Å². The zero-order chi connectivity index (χ0) is 17.5. The van der Waals surface area contributed by atoms with Crippen LogP contribution in [0.5, 0.6) is 5.75 Å². The summed E-state index contributed by atoms with van der Waals surface area (Å²) in [5, 5.41) is 15.0. The average molecular weight is 321 g/mol. The number of para-hydroxylation sites is 2. The first-order chi connectivity index (χ1) is 11.5. The molecule has 5 heteroatoms. The quantitative estimate of drug-likeness (QED) is 0.649. The number of benzene rings is 2. The van der Waals surface area contributed by atoms with E-state index in [0.29, 0.717) is 11.4 Å². The number of ether oxygens (including phenoxy) is 1. The van der Waals surface area contributed by atoms with Crippen molar-refractivity contribution in [2.75, 3.05) is 17.7 Å². The second-order valence-electron chi connectivity index (χ2n) is 5.29. The predicted molar refractivity (Wildman–Crippen MR) is 94.9 cm³/mol. The second kappa shape index (κ2) is 7.84. The Labute approximate surface area is 141 Å². The van der Waals surface area contributed by atoms with Crippen LogP contribution in [-0.4, -0.2) is 13.0 Å². The summed E-state index contributed by atoms with van der Waals surface area (Å²) < 4.78 is 5.19. The number of amides is 1. The van der Waals surface area contributed by atoms with E-state index < -0.39 is 5.91 Å². The molecule has 0 saturated heterocycles. The highest BCUT2D eigenvalue weighted by molar-refractivity contribution is 6.07. The maximum Gasteiger partial charge on any atom is 0.267 e. The van der Waals surface area contributed by atoms with Gasteiger partial charge >= 0.3 is 0 Å². The molecule has 0 aliphatic carbocycles. The Bertz CT molecular complexity index is 820. The molecule has 2 N–H and O–H groups in total. The van der Waals surface area contributed by atoms with Gasteiger partial charge in [-0.05, 0) is 43.2 Å². The summed E-state index contributed by atoms with van der Waals surface area (Å²) in [4.78, 5) is 12.3. The van der Waals surface area contributed by atoms with Gasteiger partial charge in [0.05, 0.1) is 12.8 Å². The topological polar surface area (TPSA) is 74.1 Å². The van der Waals surface area contributed by atoms with Crippen LogP contribution in [0.2, 0.25) is 0 Å². The van der Waals surface area contributed by atoms with E-state index in [1.807, 2.05) is 38.1 Å². The number of nitriles is 1. The molecule has 0 heterocycles. The van der Waals surface area contributed by atoms with Gasteiger partial charge in [0.15, 0.2) is 0 Å². The molecule has 0 bridgehead atoms. The van der Waals surface area contributed by atoms with Crippen molar-refractivity contribution in [1.29, 1.82) is 5.26 Å². The SMILES string of the molecule is COc1ccccc1NC(=O)/C(C#N)=C\Nc1cc(C)ccc1C. The summed E-state index contributed by atoms with van der Waals surface area (Å²) in [6, 6.07) is 14.9. The van der Waals surface area contributed by atoms with E-state index in [2.05, 4.69) is 10.6 Å². The van der Waals surface area contributed by atoms with Crippen LogP contribution in [0.3, 0.4) is 0 Å². The highest BCUT2D eigenvalue weighted by atomic mass is 16.5. The minimum absolute atomic E-state index is 0.0261. The van der Waals surface area contributed by atoms with E-state index >= 15 is 0 Å². The number of rotatable bonds is 5. The molecule has 2 aromatic carbocycles. The van der Waals surface area contributed by atoms with Crippen LogP contribution in [0.15, 0.2) is 54.2 Å². The lowest BCUT2D eigenvalue weighted by molar-refractivity contribution is -0.112. The number of hydrogen-bond acceptors (Lipinski definition) is 4. The van der Waals surface area contributed by atoms with Gasteiger partial charge in [-0.1, -0.05) is 24.3 Å². The molecule has 0 aliphatic heterocycles. The number of hydrogen-bond donors (Lipinski definition) is 2. The third kappa shape index (κ3) is 4.14. The first-order valence-electron chi connectivity index (χ1n) is 7.43. The van der Waals surface area contributed by atoms with Gasteiger partial charge in [0, 0.05) is 11.9 Å². The highest BCUT2D eigenvalue weighted by Crippen LogP contribution is 2.23. The van der Waals surface area contributed by atoms with Crippen LogP contribution < -0.4 is 15.4 Å². The van der Waals surface area contributed by atoms with Crippen LogP contribution in [0.4, 0.5) is 11.4 Å². The van der Waals surface area contributed by atoms with Gasteiger partial charge in [-0.3, -0.25) is 4.79 Å². The van der Waals surface area contributed by atoms with Gasteiger partial charge in [0.2, 0.25) is 0 Å². The minimum Gasteiger partial charge on any atom is -0.495 e. The minimum atomic E-state index is -0.500. The molecule has 0 fully saturated rings. The Morgan fingerprint density at radius 1 is 1.17 bits per heavy atom. The van der Waals surface area contributed by atoms with Gasteiger partial charge in [0.1, 0.15) is 17.4 Å². The Morgan fingerprint density at radius 3 is 2.62 bits per heavy atom. The normalized spacial score (nSPS) is 10.7. The molecule has 0 radical (unpaired) electrons. The molecule has 0 atom stereocenters. The molecule has 0 saturated carbocycles. The van der Waals surface area contributed by atoms with E-state index in [1.54, 1.807) is 24.3 Å². The largest absolute Gasteiger partial charge is 0.495 e. The van der Waals surface area contributed by atoms with E-state index in [1.165, 1.54) is 13.3 Å². The number of methoxy groups -OCH3 is 1. The van der Waals surface area contributed by atoms with Crippen molar-refractivity contribution in [2.24, 2.45) is 0 Å². The summed E-state index contributed by atoms with van der Waals surface area (Å²) in [5.74, 6) is 0.0328. The Morgan fingerprint density at radius 2 is 1.92 bits per heavy atom. The summed E-state index contributed by atoms with van der Waals surface area (Å²) in [5.41, 5.74) is 3.46. The number of aryl methyl sites for hydroxylation is 2. The van der Waals surface area contributed by atoms with Gasteiger partial charge < -0.3 is 15.4 Å². The lowest BCUT2D eigenvalue weighted by atomic mass is 10.1. The summed E-state index contributed by atoms with van der Waals surface area (Å²) in [6.45, 7) is 3.94. The van der Waals surface area contributed by atoms with Crippen LogP contribution >= 0.6 is 0 Å². The molecule has 122 valence electrons. The maximum atomic E-state index is 12.3. The monoisotopic (exact) mass is 321 g/mol. The van der Waals surface area contributed by atoms with Crippen LogP contribution in [0.1, 0.15) is 11.1 Å². The standard InChI is InChI=1S/C19H19N3O2/c1-13-8-9-14(2)17(10-13)21-12-15(11-20)19(23)22-16-6-4-5-7-18(16)24-3/h4-10,12,21H,1-3H3,(H,22,23)/b15-12-. The number of anilines is 2. The summed E-state index contributed by atoms with van der Waals surface area (Å²) in [7, 11) is 1.52. The molecule has 0 spiro atoms. The Balaban J connectivity index is 2.17. The molecular weight excluding hydrogens is 302 g/mol. The number of carbonyl (C=O) groups is 1. The van der Waals surface area contributed by atoms with E-state index in [4.69, 9.17) is 4.74 Å². The molecule has 0 aliphatic rings. The third-order valence-electron chi connectivity index (χ3n) is 3.49. The van der Waals surface area contributed by atoms with Crippen molar-refractivity contribution >= 4 is 17.3 Å². The van der Waals surface area contributed by atoms with Crippen LogP contribution in [0.25, 0.3) is 0 Å². The van der Waals surface area contributed by atoms with Crippen LogP contribution in [0, 0.1) is 25.2 Å². The highest BCUT2D eigenvalue weighted by Gasteiger charge is 2.12. The fourth-order valence-corrected chi connectivity index (χ4v) is 2.13. The average Bonchev–Trinajstić information content (AvgIpc) is 2.58. The fraction of sp³-hybridized carbons (Fsp3) is 0.158. The zero-order valence-corrected chi connectivity index (χ0v) is 13.9. The molecular formula is C19H19N3O2.